The van der Waals surface area contributed by atoms with E-state index in [1.807, 2.05) is 30.1 Å². The minimum absolute atomic E-state index is 0.101. The fourth-order valence-corrected chi connectivity index (χ4v) is 6.83. The van der Waals surface area contributed by atoms with Crippen LogP contribution in [0.4, 0.5) is 0 Å². The van der Waals surface area contributed by atoms with Crippen LogP contribution in [0.25, 0.3) is 0 Å². The maximum absolute atomic E-state index is 13.4. The third-order valence-electron chi connectivity index (χ3n) is 9.08. The second kappa shape index (κ2) is 12.9. The number of imidazole rings is 1. The van der Waals surface area contributed by atoms with E-state index in [0.717, 1.165) is 17.5 Å². The van der Waals surface area contributed by atoms with E-state index in [4.69, 9.17) is 5.41 Å². The van der Waals surface area contributed by atoms with Gasteiger partial charge in [-0.15, -0.1) is 0 Å². The number of hydrogen-bond donors (Lipinski definition) is 3. The van der Waals surface area contributed by atoms with E-state index >= 15 is 0 Å². The minimum Gasteiger partial charge on any atom is -0.348 e. The average molecular weight is 544 g/mol. The van der Waals surface area contributed by atoms with Crippen molar-refractivity contribution >= 4 is 5.91 Å². The maximum atomic E-state index is 13.4. The number of hydrogen-bond acceptors (Lipinski definition) is 5. The SMILES string of the molecule is CC1NC2(CCCCCCCCC2)CCC1c1cc(Cn2ccn(C)c2=N)cc(C(=O)NCc2cncnc2)c1. The van der Waals surface area contributed by atoms with Gasteiger partial charge < -0.3 is 19.8 Å². The van der Waals surface area contributed by atoms with Crippen molar-refractivity contribution in [3.05, 3.63) is 77.2 Å². The van der Waals surface area contributed by atoms with Gasteiger partial charge in [0.15, 0.2) is 0 Å². The van der Waals surface area contributed by atoms with Crippen molar-refractivity contribution < 1.29 is 4.79 Å². The van der Waals surface area contributed by atoms with Crippen LogP contribution in [-0.2, 0) is 20.1 Å². The zero-order valence-electron chi connectivity index (χ0n) is 24.2. The molecule has 1 aliphatic heterocycles. The first-order valence-corrected chi connectivity index (χ1v) is 15.1. The summed E-state index contributed by atoms with van der Waals surface area (Å²) in [6.45, 7) is 3.27. The zero-order valence-corrected chi connectivity index (χ0v) is 24.2. The first-order valence-electron chi connectivity index (χ1n) is 15.1. The summed E-state index contributed by atoms with van der Waals surface area (Å²) < 4.78 is 3.71. The number of benzene rings is 1. The van der Waals surface area contributed by atoms with Crippen LogP contribution in [0, 0.1) is 5.41 Å². The van der Waals surface area contributed by atoms with E-state index in [0.29, 0.717) is 36.2 Å². The Morgan fingerprint density at radius 2 is 1.70 bits per heavy atom. The van der Waals surface area contributed by atoms with E-state index < -0.39 is 0 Å². The maximum Gasteiger partial charge on any atom is 0.251 e. The van der Waals surface area contributed by atoms with Gasteiger partial charge in [0.05, 0.1) is 6.54 Å². The molecule has 1 aromatic carbocycles. The monoisotopic (exact) mass is 543 g/mol. The van der Waals surface area contributed by atoms with Crippen molar-refractivity contribution in [1.82, 2.24) is 29.7 Å². The molecule has 1 saturated carbocycles. The predicted molar refractivity (Wildman–Crippen MR) is 157 cm³/mol. The highest BCUT2D eigenvalue weighted by molar-refractivity contribution is 5.94. The Morgan fingerprint density at radius 1 is 1.00 bits per heavy atom. The summed E-state index contributed by atoms with van der Waals surface area (Å²) in [5.41, 5.74) is 4.48. The minimum atomic E-state index is -0.101. The highest BCUT2D eigenvalue weighted by Gasteiger charge is 2.38. The van der Waals surface area contributed by atoms with Gasteiger partial charge in [0.1, 0.15) is 6.33 Å². The lowest BCUT2D eigenvalue weighted by Crippen LogP contribution is -2.55. The lowest BCUT2D eigenvalue weighted by molar-refractivity contribution is 0.0950. The van der Waals surface area contributed by atoms with Crippen molar-refractivity contribution in [1.29, 1.82) is 5.41 Å². The van der Waals surface area contributed by atoms with Crippen LogP contribution in [0.1, 0.15) is 111 Å². The Bertz CT molecular complexity index is 1320. The van der Waals surface area contributed by atoms with Crippen LogP contribution < -0.4 is 16.3 Å². The molecule has 2 aliphatic rings. The van der Waals surface area contributed by atoms with Gasteiger partial charge in [-0.1, -0.05) is 51.0 Å². The van der Waals surface area contributed by atoms with E-state index in [1.165, 1.54) is 76.1 Å². The molecule has 2 aromatic heterocycles. The van der Waals surface area contributed by atoms with Gasteiger partial charge in [-0.05, 0) is 61.8 Å². The number of aromatic nitrogens is 4. The zero-order chi connectivity index (χ0) is 28.0. The summed E-state index contributed by atoms with van der Waals surface area (Å²) in [4.78, 5) is 21.5. The second-order valence-electron chi connectivity index (χ2n) is 12.1. The number of amides is 1. The Morgan fingerprint density at radius 3 is 2.35 bits per heavy atom. The molecule has 1 amide bonds. The molecule has 8 heteroatoms. The number of carbonyl (C=O) groups excluding carboxylic acids is 1. The summed E-state index contributed by atoms with van der Waals surface area (Å²) in [5, 5.41) is 15.6. The van der Waals surface area contributed by atoms with E-state index in [2.05, 4.69) is 39.7 Å². The lowest BCUT2D eigenvalue weighted by atomic mass is 9.72. The molecule has 0 radical (unpaired) electrons. The molecule has 3 heterocycles. The third-order valence-corrected chi connectivity index (χ3v) is 9.08. The Kier molecular flexibility index (Phi) is 9.15. The molecule has 1 saturated heterocycles. The van der Waals surface area contributed by atoms with Gasteiger partial charge in [-0.3, -0.25) is 10.2 Å². The summed E-state index contributed by atoms with van der Waals surface area (Å²) in [5.74, 6) is 0.239. The van der Waals surface area contributed by atoms with Crippen LogP contribution >= 0.6 is 0 Å². The molecule has 2 unspecified atom stereocenters. The van der Waals surface area contributed by atoms with Crippen LogP contribution in [-0.4, -0.2) is 36.6 Å². The third kappa shape index (κ3) is 6.89. The van der Waals surface area contributed by atoms with Gasteiger partial charge in [-0.2, -0.15) is 0 Å². The quantitative estimate of drug-likeness (QED) is 0.398. The topological polar surface area (TPSA) is 101 Å². The molecule has 8 nitrogen and oxygen atoms in total. The van der Waals surface area contributed by atoms with E-state index in [9.17, 15) is 4.79 Å². The Balaban J connectivity index is 1.38. The van der Waals surface area contributed by atoms with Gasteiger partial charge in [0.25, 0.3) is 5.91 Å². The summed E-state index contributed by atoms with van der Waals surface area (Å²) in [7, 11) is 1.88. The molecular formula is C32H45N7O. The van der Waals surface area contributed by atoms with Gasteiger partial charge in [-0.25, -0.2) is 9.97 Å². The molecule has 3 N–H and O–H groups in total. The van der Waals surface area contributed by atoms with Crippen LogP contribution in [0.5, 0.6) is 0 Å². The Hall–Kier alpha value is -3.26. The number of aryl methyl sites for hydroxylation is 1. The molecule has 2 fully saturated rings. The first-order chi connectivity index (χ1) is 19.4. The molecule has 1 aliphatic carbocycles. The largest absolute Gasteiger partial charge is 0.348 e. The molecule has 3 aromatic rings. The van der Waals surface area contributed by atoms with Gasteiger partial charge in [0.2, 0.25) is 5.62 Å². The molecule has 2 atom stereocenters. The molecular weight excluding hydrogens is 498 g/mol. The molecule has 5 rings (SSSR count). The molecule has 1 spiro atoms. The number of rotatable bonds is 6. The van der Waals surface area contributed by atoms with Crippen molar-refractivity contribution in [3.63, 3.8) is 0 Å². The normalized spacial score (nSPS) is 21.6. The highest BCUT2D eigenvalue weighted by Crippen LogP contribution is 2.40. The average Bonchev–Trinajstić information content (AvgIpc) is 3.28. The molecule has 40 heavy (non-hydrogen) atoms. The highest BCUT2D eigenvalue weighted by atomic mass is 16.1. The number of carbonyl (C=O) groups is 1. The number of nitrogens with one attached hydrogen (secondary N) is 3. The van der Waals surface area contributed by atoms with E-state index in [1.54, 1.807) is 17.0 Å². The smallest absolute Gasteiger partial charge is 0.251 e. The lowest BCUT2D eigenvalue weighted by Gasteiger charge is -2.46. The van der Waals surface area contributed by atoms with Crippen LogP contribution in [0.2, 0.25) is 0 Å². The van der Waals surface area contributed by atoms with Crippen molar-refractivity contribution in [2.75, 3.05) is 0 Å². The van der Waals surface area contributed by atoms with Crippen LogP contribution in [0.3, 0.4) is 0 Å². The van der Waals surface area contributed by atoms with Crippen molar-refractivity contribution in [3.8, 4) is 0 Å². The number of piperidine rings is 1. The summed E-state index contributed by atoms with van der Waals surface area (Å²) in [6, 6.07) is 6.66. The molecule has 214 valence electrons. The predicted octanol–water partition coefficient (Wildman–Crippen LogP) is 5.19. The van der Waals surface area contributed by atoms with Gasteiger partial charge in [0, 0.05) is 61.1 Å². The summed E-state index contributed by atoms with van der Waals surface area (Å²) >= 11 is 0. The number of nitrogens with zero attached hydrogens (tertiary/aromatic N) is 4. The van der Waals surface area contributed by atoms with Crippen molar-refractivity contribution in [2.24, 2.45) is 7.05 Å². The standard InChI is InChI=1S/C32H45N7O/c1-24-29(10-13-32(37-24)11-8-6-4-3-5-7-9-12-32)27-16-25(22-39-15-14-38(2)31(39)33)17-28(18-27)30(40)36-21-26-19-34-23-35-20-26/h14-20,23-24,29,33,37H,3-13,21-22H2,1-2H3,(H,36,40). The van der Waals surface area contributed by atoms with Gasteiger partial charge >= 0.3 is 0 Å². The Labute approximate surface area is 238 Å². The van der Waals surface area contributed by atoms with Crippen molar-refractivity contribution in [2.45, 2.75) is 108 Å². The second-order valence-corrected chi connectivity index (χ2v) is 12.1. The van der Waals surface area contributed by atoms with E-state index in [-0.39, 0.29) is 11.4 Å². The fourth-order valence-electron chi connectivity index (χ4n) is 6.83. The first kappa shape index (κ1) is 28.3. The fraction of sp³-hybridized carbons (Fsp3) is 0.562. The molecule has 0 bridgehead atoms. The van der Waals surface area contributed by atoms with Crippen LogP contribution in [0.15, 0.2) is 49.3 Å². The summed E-state index contributed by atoms with van der Waals surface area (Å²) in [6.07, 6.45) is 23.1.